The summed E-state index contributed by atoms with van der Waals surface area (Å²) < 4.78 is 28.5. The summed E-state index contributed by atoms with van der Waals surface area (Å²) in [7, 11) is -2.86. The first-order valence-corrected chi connectivity index (χ1v) is 9.01. The number of ether oxygens (including phenoxy) is 1. The number of hydrogen-bond donors (Lipinski definition) is 1. The molecule has 106 valence electrons. The first-order chi connectivity index (χ1) is 8.55. The highest BCUT2D eigenvalue weighted by atomic mass is 32.2. The van der Waals surface area contributed by atoms with Crippen LogP contribution in [0.15, 0.2) is 0 Å². The summed E-state index contributed by atoms with van der Waals surface area (Å²) in [6.07, 6.45) is 7.43. The summed E-state index contributed by atoms with van der Waals surface area (Å²) in [5, 5.41) is 3.45. The lowest BCUT2D eigenvalue weighted by Gasteiger charge is -2.31. The van der Waals surface area contributed by atoms with E-state index in [-0.39, 0.29) is 5.25 Å². The van der Waals surface area contributed by atoms with Crippen molar-refractivity contribution in [3.05, 3.63) is 0 Å². The second-order valence-corrected chi connectivity index (χ2v) is 8.10. The second kappa shape index (κ2) is 6.35. The first kappa shape index (κ1) is 14.3. The molecule has 0 aromatic heterocycles. The van der Waals surface area contributed by atoms with Gasteiger partial charge in [-0.1, -0.05) is 6.42 Å². The van der Waals surface area contributed by atoms with Crippen molar-refractivity contribution in [3.63, 3.8) is 0 Å². The quantitative estimate of drug-likeness (QED) is 0.841. The standard InChI is InChI=1S/C13H25NO3S/c1-18(15,16)13-4-2-3-12(9-13)14-10-11-5-7-17-8-6-11/h11-14H,2-10H2,1H3. The van der Waals surface area contributed by atoms with E-state index < -0.39 is 9.84 Å². The number of rotatable bonds is 4. The second-order valence-electron chi connectivity index (χ2n) is 5.78. The van der Waals surface area contributed by atoms with Crippen LogP contribution in [0.5, 0.6) is 0 Å². The van der Waals surface area contributed by atoms with Crippen molar-refractivity contribution in [1.82, 2.24) is 5.32 Å². The third-order valence-electron chi connectivity index (χ3n) is 4.27. The molecule has 5 heteroatoms. The minimum absolute atomic E-state index is 0.126. The fourth-order valence-electron chi connectivity index (χ4n) is 3.00. The van der Waals surface area contributed by atoms with Gasteiger partial charge in [0, 0.05) is 25.5 Å². The normalized spacial score (nSPS) is 31.4. The molecule has 18 heavy (non-hydrogen) atoms. The Morgan fingerprint density at radius 1 is 1.17 bits per heavy atom. The Morgan fingerprint density at radius 3 is 2.56 bits per heavy atom. The zero-order valence-electron chi connectivity index (χ0n) is 11.2. The molecule has 0 bridgehead atoms. The molecule has 1 aliphatic carbocycles. The molecule has 2 fully saturated rings. The minimum atomic E-state index is -2.86. The largest absolute Gasteiger partial charge is 0.381 e. The van der Waals surface area contributed by atoms with Crippen LogP contribution in [0, 0.1) is 5.92 Å². The van der Waals surface area contributed by atoms with Crippen LogP contribution in [0.3, 0.4) is 0 Å². The van der Waals surface area contributed by atoms with Crippen molar-refractivity contribution in [2.24, 2.45) is 5.92 Å². The zero-order valence-corrected chi connectivity index (χ0v) is 12.0. The van der Waals surface area contributed by atoms with Crippen molar-refractivity contribution in [2.75, 3.05) is 26.0 Å². The first-order valence-electron chi connectivity index (χ1n) is 7.05. The van der Waals surface area contributed by atoms with E-state index in [1.165, 1.54) is 6.26 Å². The molecule has 1 heterocycles. The molecule has 4 nitrogen and oxygen atoms in total. The van der Waals surface area contributed by atoms with Crippen molar-refractivity contribution in [1.29, 1.82) is 0 Å². The minimum Gasteiger partial charge on any atom is -0.381 e. The van der Waals surface area contributed by atoms with E-state index in [0.29, 0.717) is 12.0 Å². The summed E-state index contributed by atoms with van der Waals surface area (Å²) in [6, 6.07) is 0.390. The molecule has 0 aromatic rings. The summed E-state index contributed by atoms with van der Waals surface area (Å²) in [5.74, 6) is 0.706. The SMILES string of the molecule is CS(=O)(=O)C1CCCC(NCC2CCOCC2)C1. The van der Waals surface area contributed by atoms with E-state index in [9.17, 15) is 8.42 Å². The summed E-state index contributed by atoms with van der Waals surface area (Å²) in [5.41, 5.74) is 0. The van der Waals surface area contributed by atoms with Crippen molar-refractivity contribution in [3.8, 4) is 0 Å². The van der Waals surface area contributed by atoms with Gasteiger partial charge in [-0.2, -0.15) is 0 Å². The fourth-order valence-corrected chi connectivity index (χ4v) is 4.18. The molecule has 1 saturated heterocycles. The molecule has 2 rings (SSSR count). The highest BCUT2D eigenvalue weighted by Gasteiger charge is 2.29. The molecule has 0 amide bonds. The third kappa shape index (κ3) is 4.21. The maximum absolute atomic E-state index is 11.6. The van der Waals surface area contributed by atoms with Crippen LogP contribution < -0.4 is 5.32 Å². The molecular weight excluding hydrogens is 250 g/mol. The van der Waals surface area contributed by atoms with Crippen LogP contribution in [0.25, 0.3) is 0 Å². The monoisotopic (exact) mass is 275 g/mol. The number of hydrogen-bond acceptors (Lipinski definition) is 4. The van der Waals surface area contributed by atoms with Crippen molar-refractivity contribution in [2.45, 2.75) is 49.8 Å². The zero-order chi connectivity index (χ0) is 13.0. The van der Waals surface area contributed by atoms with E-state index >= 15 is 0 Å². The molecule has 1 aliphatic heterocycles. The van der Waals surface area contributed by atoms with Gasteiger partial charge in [-0.05, 0) is 44.6 Å². The van der Waals surface area contributed by atoms with Gasteiger partial charge in [0.15, 0.2) is 0 Å². The van der Waals surface area contributed by atoms with Gasteiger partial charge in [-0.3, -0.25) is 0 Å². The Hall–Kier alpha value is -0.130. The van der Waals surface area contributed by atoms with Gasteiger partial charge in [0.1, 0.15) is 9.84 Å². The van der Waals surface area contributed by atoms with Gasteiger partial charge in [0.25, 0.3) is 0 Å². The highest BCUT2D eigenvalue weighted by Crippen LogP contribution is 2.24. The van der Waals surface area contributed by atoms with Crippen LogP contribution >= 0.6 is 0 Å². The Kier molecular flexibility index (Phi) is 5.04. The lowest BCUT2D eigenvalue weighted by Crippen LogP contribution is -2.41. The Balaban J connectivity index is 1.75. The van der Waals surface area contributed by atoms with Crippen LogP contribution in [-0.4, -0.2) is 45.7 Å². The van der Waals surface area contributed by atoms with Crippen LogP contribution in [0.4, 0.5) is 0 Å². The third-order valence-corrected chi connectivity index (χ3v) is 5.91. The van der Waals surface area contributed by atoms with Gasteiger partial charge in [-0.25, -0.2) is 8.42 Å². The molecular formula is C13H25NO3S. The Morgan fingerprint density at radius 2 is 1.89 bits per heavy atom. The van der Waals surface area contributed by atoms with E-state index in [1.54, 1.807) is 0 Å². The summed E-state index contributed by atoms with van der Waals surface area (Å²) in [6.45, 7) is 2.77. The van der Waals surface area contributed by atoms with Crippen LogP contribution in [0.1, 0.15) is 38.5 Å². The summed E-state index contributed by atoms with van der Waals surface area (Å²) >= 11 is 0. The van der Waals surface area contributed by atoms with Gasteiger partial charge in [0.05, 0.1) is 5.25 Å². The molecule has 0 radical (unpaired) electrons. The predicted octanol–water partition coefficient (Wildman–Crippen LogP) is 1.36. The van der Waals surface area contributed by atoms with Crippen LogP contribution in [0.2, 0.25) is 0 Å². The molecule has 2 unspecified atom stereocenters. The van der Waals surface area contributed by atoms with Gasteiger partial charge >= 0.3 is 0 Å². The Labute approximate surface area is 110 Å². The molecule has 2 atom stereocenters. The van der Waals surface area contributed by atoms with Crippen LogP contribution in [-0.2, 0) is 14.6 Å². The molecule has 0 aromatic carbocycles. The van der Waals surface area contributed by atoms with Gasteiger partial charge in [-0.15, -0.1) is 0 Å². The predicted molar refractivity (Wildman–Crippen MR) is 72.4 cm³/mol. The average molecular weight is 275 g/mol. The average Bonchev–Trinajstić information content (AvgIpc) is 2.37. The molecule has 0 spiro atoms. The molecule has 1 N–H and O–H groups in total. The fraction of sp³-hybridized carbons (Fsp3) is 1.00. The lowest BCUT2D eigenvalue weighted by atomic mass is 9.93. The maximum Gasteiger partial charge on any atom is 0.150 e. The maximum atomic E-state index is 11.6. The number of sulfone groups is 1. The van der Waals surface area contributed by atoms with E-state index in [1.807, 2.05) is 0 Å². The molecule has 2 aliphatic rings. The van der Waals surface area contributed by atoms with E-state index in [0.717, 1.165) is 58.3 Å². The van der Waals surface area contributed by atoms with E-state index in [4.69, 9.17) is 4.74 Å². The molecule has 1 saturated carbocycles. The summed E-state index contributed by atoms with van der Waals surface area (Å²) in [4.78, 5) is 0. The van der Waals surface area contributed by atoms with Crippen molar-refractivity contribution < 1.29 is 13.2 Å². The number of nitrogens with one attached hydrogen (secondary N) is 1. The van der Waals surface area contributed by atoms with Gasteiger partial charge < -0.3 is 10.1 Å². The lowest BCUT2D eigenvalue weighted by molar-refractivity contribution is 0.0650. The van der Waals surface area contributed by atoms with Crippen molar-refractivity contribution >= 4 is 9.84 Å². The smallest absolute Gasteiger partial charge is 0.150 e. The Bertz CT molecular complexity index is 349. The topological polar surface area (TPSA) is 55.4 Å². The van der Waals surface area contributed by atoms with E-state index in [2.05, 4.69) is 5.32 Å². The van der Waals surface area contributed by atoms with Gasteiger partial charge in [0.2, 0.25) is 0 Å². The highest BCUT2D eigenvalue weighted by molar-refractivity contribution is 7.91.